The van der Waals surface area contributed by atoms with Gasteiger partial charge in [0.05, 0.1) is 41.1 Å². The highest BCUT2D eigenvalue weighted by Crippen LogP contribution is 2.40. The molecule has 4 rings (SSSR count). The molecule has 0 aliphatic carbocycles. The molecule has 1 heterocycles. The number of benzene rings is 3. The number of carboxylic acids is 1. The van der Waals surface area contributed by atoms with Crippen LogP contribution in [0, 0.1) is 0 Å². The van der Waals surface area contributed by atoms with E-state index in [0.29, 0.717) is 54.6 Å². The maximum absolute atomic E-state index is 12.6. The van der Waals surface area contributed by atoms with E-state index in [1.807, 2.05) is 59.2 Å². The number of rotatable bonds is 13. The molecule has 0 saturated heterocycles. The van der Waals surface area contributed by atoms with Crippen molar-refractivity contribution in [1.29, 1.82) is 0 Å². The minimum absolute atomic E-state index is 0.241. The van der Waals surface area contributed by atoms with Gasteiger partial charge in [-0.25, -0.2) is 4.79 Å². The van der Waals surface area contributed by atoms with Crippen LogP contribution >= 0.6 is 0 Å². The summed E-state index contributed by atoms with van der Waals surface area (Å²) in [6, 6.07) is 17.0. The molecule has 39 heavy (non-hydrogen) atoms. The number of aromatic carboxylic acids is 1. The molecule has 9 nitrogen and oxygen atoms in total. The van der Waals surface area contributed by atoms with Crippen LogP contribution in [0.25, 0.3) is 10.9 Å². The van der Waals surface area contributed by atoms with Crippen molar-refractivity contribution in [3.63, 3.8) is 0 Å². The van der Waals surface area contributed by atoms with E-state index >= 15 is 0 Å². The Morgan fingerprint density at radius 2 is 1.51 bits per heavy atom. The number of fused-ring (bicyclic) bond motifs is 1. The van der Waals surface area contributed by atoms with Gasteiger partial charge in [-0.2, -0.15) is 0 Å². The highest BCUT2D eigenvalue weighted by atomic mass is 16.5. The molecule has 9 heteroatoms. The normalized spacial score (nSPS) is 10.9. The van der Waals surface area contributed by atoms with Gasteiger partial charge in [0, 0.05) is 30.1 Å². The Hall–Kier alpha value is -4.37. The van der Waals surface area contributed by atoms with Crippen LogP contribution < -0.4 is 29.0 Å². The van der Waals surface area contributed by atoms with Crippen molar-refractivity contribution in [1.82, 2.24) is 9.88 Å². The molecular formula is C30H34N2O7. The van der Waals surface area contributed by atoms with Crippen molar-refractivity contribution < 1.29 is 33.6 Å². The maximum atomic E-state index is 12.6. The number of nitrogens with zero attached hydrogens (tertiary/aromatic N) is 1. The molecule has 2 N–H and O–H groups in total. The van der Waals surface area contributed by atoms with Gasteiger partial charge in [-0.3, -0.25) is 0 Å². The van der Waals surface area contributed by atoms with Gasteiger partial charge in [0.25, 0.3) is 0 Å². The van der Waals surface area contributed by atoms with Crippen LogP contribution in [-0.4, -0.2) is 57.7 Å². The van der Waals surface area contributed by atoms with Crippen LogP contribution in [0.5, 0.6) is 28.7 Å². The van der Waals surface area contributed by atoms with Gasteiger partial charge < -0.3 is 38.7 Å². The van der Waals surface area contributed by atoms with Gasteiger partial charge >= 0.3 is 5.97 Å². The van der Waals surface area contributed by atoms with Crippen LogP contribution in [0.15, 0.2) is 54.6 Å². The summed E-state index contributed by atoms with van der Waals surface area (Å²) in [6.07, 6.45) is 0.643. The number of carbonyl (C=O) groups is 1. The summed E-state index contributed by atoms with van der Waals surface area (Å²) in [4.78, 5) is 12.6. The van der Waals surface area contributed by atoms with E-state index in [-0.39, 0.29) is 5.69 Å². The van der Waals surface area contributed by atoms with Crippen molar-refractivity contribution >= 4 is 16.9 Å². The second kappa shape index (κ2) is 12.4. The summed E-state index contributed by atoms with van der Waals surface area (Å²) in [5.41, 5.74) is 3.66. The summed E-state index contributed by atoms with van der Waals surface area (Å²) < 4.78 is 29.0. The molecule has 0 fully saturated rings. The zero-order valence-corrected chi connectivity index (χ0v) is 22.9. The third-order valence-electron chi connectivity index (χ3n) is 6.74. The second-order valence-corrected chi connectivity index (χ2v) is 8.87. The Labute approximate surface area is 227 Å². The van der Waals surface area contributed by atoms with Crippen LogP contribution in [0.3, 0.4) is 0 Å². The van der Waals surface area contributed by atoms with Crippen LogP contribution in [-0.2, 0) is 19.5 Å². The molecule has 0 spiro atoms. The number of methoxy groups -OCH3 is 5. The molecule has 0 amide bonds. The van der Waals surface area contributed by atoms with Crippen LogP contribution in [0.1, 0.15) is 27.2 Å². The predicted octanol–water partition coefficient (Wildman–Crippen LogP) is 4.76. The lowest BCUT2D eigenvalue weighted by atomic mass is 10.1. The third-order valence-corrected chi connectivity index (χ3v) is 6.74. The SMILES string of the molecule is COc1ccc(Cn2c(C(=O)O)c(CNCCc3ccc(OC)c(OC)c3OC)c3ccc(OC)cc32)cc1. The smallest absolute Gasteiger partial charge is 0.352 e. The van der Waals surface area contributed by atoms with E-state index in [9.17, 15) is 9.90 Å². The number of ether oxygens (including phenoxy) is 5. The lowest BCUT2D eigenvalue weighted by Crippen LogP contribution is -2.20. The minimum atomic E-state index is -0.989. The van der Waals surface area contributed by atoms with E-state index in [0.717, 1.165) is 27.8 Å². The molecule has 0 aliphatic heterocycles. The number of carboxylic acid groups (broad SMARTS) is 1. The molecule has 0 aliphatic rings. The molecular weight excluding hydrogens is 500 g/mol. The zero-order valence-electron chi connectivity index (χ0n) is 22.9. The monoisotopic (exact) mass is 534 g/mol. The average Bonchev–Trinajstić information content (AvgIpc) is 3.27. The molecule has 1 aromatic heterocycles. The Kier molecular flexibility index (Phi) is 8.83. The fourth-order valence-corrected chi connectivity index (χ4v) is 4.83. The fraction of sp³-hybridized carbons (Fsp3) is 0.300. The Balaban J connectivity index is 1.63. The molecule has 3 aromatic carbocycles. The topological polar surface area (TPSA) is 100 Å². The van der Waals surface area contributed by atoms with Gasteiger partial charge in [-0.1, -0.05) is 18.2 Å². The van der Waals surface area contributed by atoms with Crippen LogP contribution in [0.2, 0.25) is 0 Å². The van der Waals surface area contributed by atoms with Crippen molar-refractivity contribution in [2.75, 3.05) is 42.1 Å². The summed E-state index contributed by atoms with van der Waals surface area (Å²) >= 11 is 0. The maximum Gasteiger partial charge on any atom is 0.352 e. The summed E-state index contributed by atoms with van der Waals surface area (Å²) in [5, 5.41) is 14.6. The van der Waals surface area contributed by atoms with E-state index in [1.165, 1.54) is 0 Å². The fourth-order valence-electron chi connectivity index (χ4n) is 4.83. The largest absolute Gasteiger partial charge is 0.497 e. The predicted molar refractivity (Wildman–Crippen MR) is 149 cm³/mol. The van der Waals surface area contributed by atoms with Crippen molar-refractivity contribution in [2.45, 2.75) is 19.5 Å². The zero-order chi connectivity index (χ0) is 27.9. The van der Waals surface area contributed by atoms with Gasteiger partial charge in [0.15, 0.2) is 11.5 Å². The molecule has 0 saturated carbocycles. The van der Waals surface area contributed by atoms with E-state index in [1.54, 1.807) is 35.5 Å². The first-order valence-corrected chi connectivity index (χ1v) is 12.5. The number of aromatic nitrogens is 1. The molecule has 0 radical (unpaired) electrons. The number of hydrogen-bond donors (Lipinski definition) is 2. The van der Waals surface area contributed by atoms with Gasteiger partial charge in [0.2, 0.25) is 5.75 Å². The quantitative estimate of drug-likeness (QED) is 0.237. The molecule has 0 atom stereocenters. The van der Waals surface area contributed by atoms with E-state index < -0.39 is 5.97 Å². The van der Waals surface area contributed by atoms with Gasteiger partial charge in [-0.05, 0) is 54.4 Å². The van der Waals surface area contributed by atoms with Gasteiger partial charge in [0.1, 0.15) is 17.2 Å². The first-order valence-electron chi connectivity index (χ1n) is 12.5. The Morgan fingerprint density at radius 3 is 2.13 bits per heavy atom. The first kappa shape index (κ1) is 27.7. The molecule has 0 unspecified atom stereocenters. The van der Waals surface area contributed by atoms with Crippen molar-refractivity contribution in [3.05, 3.63) is 77.0 Å². The Bertz CT molecular complexity index is 1440. The molecule has 0 bridgehead atoms. The molecule has 4 aromatic rings. The number of hydrogen-bond acceptors (Lipinski definition) is 7. The lowest BCUT2D eigenvalue weighted by Gasteiger charge is -2.16. The standard InChI is InChI=1S/C30H34N2O7/c1-35-21-9-6-19(7-10-21)18-32-25-16-22(36-2)11-12-23(25)24(27(32)30(33)34)17-31-15-14-20-8-13-26(37-3)29(39-5)28(20)38-4/h6-13,16,31H,14-15,17-18H2,1-5H3,(H,33,34). The summed E-state index contributed by atoms with van der Waals surface area (Å²) in [6.45, 7) is 1.35. The third kappa shape index (κ3) is 5.73. The van der Waals surface area contributed by atoms with Crippen molar-refractivity contribution in [2.24, 2.45) is 0 Å². The van der Waals surface area contributed by atoms with E-state index in [4.69, 9.17) is 23.7 Å². The van der Waals surface area contributed by atoms with Crippen LogP contribution in [0.4, 0.5) is 0 Å². The highest BCUT2D eigenvalue weighted by molar-refractivity contribution is 5.98. The van der Waals surface area contributed by atoms with E-state index in [2.05, 4.69) is 5.32 Å². The first-order chi connectivity index (χ1) is 18.9. The lowest BCUT2D eigenvalue weighted by molar-refractivity contribution is 0.0684. The summed E-state index contributed by atoms with van der Waals surface area (Å²) in [5.74, 6) is 2.17. The average molecular weight is 535 g/mol. The Morgan fingerprint density at radius 1 is 0.821 bits per heavy atom. The highest BCUT2D eigenvalue weighted by Gasteiger charge is 2.23. The van der Waals surface area contributed by atoms with Crippen molar-refractivity contribution in [3.8, 4) is 28.7 Å². The number of nitrogens with one attached hydrogen (secondary N) is 1. The van der Waals surface area contributed by atoms with Gasteiger partial charge in [-0.15, -0.1) is 0 Å². The minimum Gasteiger partial charge on any atom is -0.497 e. The molecule has 206 valence electrons. The summed E-state index contributed by atoms with van der Waals surface area (Å²) in [7, 11) is 7.97. The second-order valence-electron chi connectivity index (χ2n) is 8.87.